The van der Waals surface area contributed by atoms with E-state index in [1.165, 1.54) is 12.1 Å². The van der Waals surface area contributed by atoms with Gasteiger partial charge in [0.25, 0.3) is 0 Å². The number of nitrogens with zero attached hydrogens (tertiary/aromatic N) is 2. The van der Waals surface area contributed by atoms with Crippen LogP contribution in [0.15, 0.2) is 18.2 Å². The molecule has 1 atom stereocenters. The van der Waals surface area contributed by atoms with E-state index in [4.69, 9.17) is 5.73 Å². The Labute approximate surface area is 156 Å². The van der Waals surface area contributed by atoms with Crippen molar-refractivity contribution >= 4 is 11.4 Å². The lowest BCUT2D eigenvalue weighted by atomic mass is 9.98. The fourth-order valence-electron chi connectivity index (χ4n) is 2.82. The van der Waals surface area contributed by atoms with Crippen LogP contribution in [0, 0.1) is 20.2 Å². The molecule has 0 aliphatic carbocycles. The average molecular weight is 386 g/mol. The predicted octanol–water partition coefficient (Wildman–Crippen LogP) is 3.38. The van der Waals surface area contributed by atoms with Crippen molar-refractivity contribution in [1.82, 2.24) is 0 Å². The molecular formula is C16H26N4O7. The molecule has 0 amide bonds. The summed E-state index contributed by atoms with van der Waals surface area (Å²) in [5, 5.41) is 26.3. The molecule has 0 bridgehead atoms. The molecule has 1 unspecified atom stereocenters. The predicted molar refractivity (Wildman–Crippen MR) is 95.9 cm³/mol. The second kappa shape index (κ2) is 13.1. The molecule has 0 aliphatic rings. The van der Waals surface area contributed by atoms with Gasteiger partial charge in [-0.2, -0.15) is 5.90 Å². The van der Waals surface area contributed by atoms with E-state index in [0.717, 1.165) is 51.0 Å². The molecule has 0 fully saturated rings. The monoisotopic (exact) mass is 386 g/mol. The van der Waals surface area contributed by atoms with Gasteiger partial charge in [0.1, 0.15) is 0 Å². The summed E-state index contributed by atoms with van der Waals surface area (Å²) in [5.74, 6) is 4.62. The first-order valence-corrected chi connectivity index (χ1v) is 8.81. The Morgan fingerprint density at radius 3 is 2.19 bits per heavy atom. The number of rotatable bonds is 15. The van der Waals surface area contributed by atoms with Gasteiger partial charge in [0.05, 0.1) is 22.0 Å². The summed E-state index contributed by atoms with van der Waals surface area (Å²) in [4.78, 5) is 29.1. The smallest absolute Gasteiger partial charge is 0.324 e. The third-order valence-electron chi connectivity index (χ3n) is 4.15. The number of para-hydroxylation sites is 1. The Kier molecular flexibility index (Phi) is 11.1. The second-order valence-electron chi connectivity index (χ2n) is 6.09. The summed E-state index contributed by atoms with van der Waals surface area (Å²) in [7, 11) is 0. The number of nitro benzene ring substituents is 2. The Hall–Kier alpha value is -2.18. The maximum absolute atomic E-state index is 11.2. The van der Waals surface area contributed by atoms with Gasteiger partial charge < -0.3 is 5.73 Å². The first-order valence-electron chi connectivity index (χ1n) is 8.81. The fraction of sp³-hybridized carbons (Fsp3) is 0.625. The minimum absolute atomic E-state index is 0.206. The van der Waals surface area contributed by atoms with Crippen LogP contribution in [0.2, 0.25) is 0 Å². The standard InChI is InChI=1S/C16H26N4O7/c17-14(10-6-4-2-1-3-5-7-12-25-27-26-18)13-9-8-11-15(19(21)22)16(13)20(23)24/h8-9,11,14H,1-7,10,12,17-18H2. The van der Waals surface area contributed by atoms with Crippen molar-refractivity contribution in [3.63, 3.8) is 0 Å². The zero-order chi connectivity index (χ0) is 20.1. The molecule has 0 saturated heterocycles. The quantitative estimate of drug-likeness (QED) is 0.199. The topological polar surface area (TPSA) is 166 Å². The molecular weight excluding hydrogens is 360 g/mol. The Morgan fingerprint density at radius 2 is 1.59 bits per heavy atom. The van der Waals surface area contributed by atoms with E-state index >= 15 is 0 Å². The largest absolute Gasteiger partial charge is 0.350 e. The minimum atomic E-state index is -0.755. The van der Waals surface area contributed by atoms with Crippen molar-refractivity contribution < 1.29 is 24.8 Å². The molecule has 27 heavy (non-hydrogen) atoms. The molecule has 4 N–H and O–H groups in total. The van der Waals surface area contributed by atoms with Crippen molar-refractivity contribution in [2.24, 2.45) is 11.6 Å². The van der Waals surface area contributed by atoms with Gasteiger partial charge in [-0.3, -0.25) is 20.2 Å². The maximum Gasteiger partial charge on any atom is 0.350 e. The summed E-state index contributed by atoms with van der Waals surface area (Å²) < 4.78 is 0. The molecule has 152 valence electrons. The van der Waals surface area contributed by atoms with Crippen LogP contribution in [0.5, 0.6) is 0 Å². The van der Waals surface area contributed by atoms with Crippen LogP contribution in [0.3, 0.4) is 0 Å². The highest BCUT2D eigenvalue weighted by Crippen LogP contribution is 2.34. The van der Waals surface area contributed by atoms with Gasteiger partial charge in [-0.05, 0) is 17.9 Å². The minimum Gasteiger partial charge on any atom is -0.324 e. The van der Waals surface area contributed by atoms with E-state index in [0.29, 0.717) is 13.0 Å². The van der Waals surface area contributed by atoms with Crippen LogP contribution in [0.1, 0.15) is 63.0 Å². The average Bonchev–Trinajstić information content (AvgIpc) is 2.65. The number of unbranched alkanes of at least 4 members (excludes halogenated alkanes) is 6. The summed E-state index contributed by atoms with van der Waals surface area (Å²) >= 11 is 0. The second-order valence-corrected chi connectivity index (χ2v) is 6.09. The highest BCUT2D eigenvalue weighted by atomic mass is 17.5. The maximum atomic E-state index is 11.2. The molecule has 0 aromatic heterocycles. The third-order valence-corrected chi connectivity index (χ3v) is 4.15. The first-order chi connectivity index (χ1) is 13.0. The summed E-state index contributed by atoms with van der Waals surface area (Å²) in [6.07, 6.45) is 7.23. The van der Waals surface area contributed by atoms with Gasteiger partial charge in [0.15, 0.2) is 0 Å². The van der Waals surface area contributed by atoms with Crippen LogP contribution in [-0.4, -0.2) is 16.5 Å². The van der Waals surface area contributed by atoms with Gasteiger partial charge in [-0.15, -0.1) is 4.99 Å². The summed E-state index contributed by atoms with van der Waals surface area (Å²) in [5.41, 5.74) is 5.22. The zero-order valence-corrected chi connectivity index (χ0v) is 15.1. The van der Waals surface area contributed by atoms with E-state index in [-0.39, 0.29) is 5.56 Å². The fourth-order valence-corrected chi connectivity index (χ4v) is 2.82. The number of nitrogens with two attached hydrogens (primary N) is 2. The molecule has 0 radical (unpaired) electrons. The SMILES string of the molecule is NOOOCCCCCCCCCC(N)c1cccc([N+](=O)[O-])c1[N+](=O)[O-]. The molecule has 1 aromatic carbocycles. The summed E-state index contributed by atoms with van der Waals surface area (Å²) in [6.45, 7) is 0.411. The Morgan fingerprint density at radius 1 is 0.963 bits per heavy atom. The number of benzene rings is 1. The van der Waals surface area contributed by atoms with E-state index < -0.39 is 27.3 Å². The molecule has 1 aromatic rings. The summed E-state index contributed by atoms with van der Waals surface area (Å²) in [6, 6.07) is 3.42. The van der Waals surface area contributed by atoms with Gasteiger partial charge in [-0.25, -0.2) is 4.89 Å². The van der Waals surface area contributed by atoms with E-state index in [9.17, 15) is 20.2 Å². The van der Waals surface area contributed by atoms with E-state index in [1.807, 2.05) is 0 Å². The molecule has 0 saturated carbocycles. The lowest BCUT2D eigenvalue weighted by molar-refractivity contribution is -0.516. The molecule has 11 heteroatoms. The third kappa shape index (κ3) is 8.37. The highest BCUT2D eigenvalue weighted by Gasteiger charge is 2.30. The van der Waals surface area contributed by atoms with Crippen molar-refractivity contribution in [2.45, 2.75) is 57.4 Å². The number of hydrogen-bond donors (Lipinski definition) is 2. The number of nitro groups is 2. The van der Waals surface area contributed by atoms with Crippen molar-refractivity contribution in [1.29, 1.82) is 0 Å². The van der Waals surface area contributed by atoms with Gasteiger partial charge in [0.2, 0.25) is 0 Å². The normalized spacial score (nSPS) is 12.1. The molecule has 0 aliphatic heterocycles. The first kappa shape index (κ1) is 22.9. The van der Waals surface area contributed by atoms with Crippen LogP contribution < -0.4 is 11.6 Å². The van der Waals surface area contributed by atoms with Crippen molar-refractivity contribution in [2.75, 3.05) is 6.61 Å². The Balaban J connectivity index is 2.31. The van der Waals surface area contributed by atoms with Crippen LogP contribution >= 0.6 is 0 Å². The van der Waals surface area contributed by atoms with E-state index in [2.05, 4.69) is 20.8 Å². The zero-order valence-electron chi connectivity index (χ0n) is 15.1. The van der Waals surface area contributed by atoms with Crippen LogP contribution in [0.25, 0.3) is 0 Å². The lowest BCUT2D eigenvalue weighted by Crippen LogP contribution is -2.13. The van der Waals surface area contributed by atoms with Crippen LogP contribution in [0.4, 0.5) is 11.4 Å². The molecule has 1 rings (SSSR count). The van der Waals surface area contributed by atoms with Gasteiger partial charge in [-0.1, -0.05) is 50.7 Å². The van der Waals surface area contributed by atoms with Crippen LogP contribution in [-0.2, 0) is 14.9 Å². The van der Waals surface area contributed by atoms with Gasteiger partial charge in [0, 0.05) is 12.1 Å². The van der Waals surface area contributed by atoms with Crippen molar-refractivity contribution in [3.8, 4) is 0 Å². The van der Waals surface area contributed by atoms with Gasteiger partial charge >= 0.3 is 11.4 Å². The lowest BCUT2D eigenvalue weighted by Gasteiger charge is -2.12. The number of hydrogen-bond acceptors (Lipinski definition) is 9. The molecule has 11 nitrogen and oxygen atoms in total. The Bertz CT molecular complexity index is 600. The van der Waals surface area contributed by atoms with Crippen molar-refractivity contribution in [3.05, 3.63) is 44.0 Å². The molecule has 0 heterocycles. The highest BCUT2D eigenvalue weighted by molar-refractivity contribution is 5.58. The van der Waals surface area contributed by atoms with E-state index in [1.54, 1.807) is 0 Å². The molecule has 0 spiro atoms.